The number of benzene rings is 2. The van der Waals surface area contributed by atoms with E-state index in [-0.39, 0.29) is 17.9 Å². The highest BCUT2D eigenvalue weighted by molar-refractivity contribution is 6.30. The second kappa shape index (κ2) is 7.16. The van der Waals surface area contributed by atoms with E-state index in [1.165, 1.54) is 5.56 Å². The number of amides is 1. The predicted molar refractivity (Wildman–Crippen MR) is 91.5 cm³/mol. The van der Waals surface area contributed by atoms with Gasteiger partial charge in [0.15, 0.2) is 0 Å². The van der Waals surface area contributed by atoms with Gasteiger partial charge in [0.1, 0.15) is 0 Å². The highest BCUT2D eigenvalue weighted by atomic mass is 35.5. The second-order valence-corrected chi connectivity index (χ2v) is 6.32. The molecule has 0 bridgehead atoms. The summed E-state index contributed by atoms with van der Waals surface area (Å²) >= 11 is 6.01. The maximum Gasteiger partial charge on any atom is 0.223 e. The number of methoxy groups -OCH3 is 1. The van der Waals surface area contributed by atoms with E-state index in [2.05, 4.69) is 17.4 Å². The van der Waals surface area contributed by atoms with Crippen molar-refractivity contribution in [3.05, 3.63) is 70.7 Å². The van der Waals surface area contributed by atoms with Crippen LogP contribution in [0.2, 0.25) is 5.02 Å². The summed E-state index contributed by atoms with van der Waals surface area (Å²) in [6.07, 6.45) is 0.733. The molecule has 1 fully saturated rings. The maximum atomic E-state index is 12.3. The van der Waals surface area contributed by atoms with Crippen molar-refractivity contribution in [2.45, 2.75) is 18.4 Å². The topological polar surface area (TPSA) is 38.3 Å². The lowest BCUT2D eigenvalue weighted by Gasteiger charge is -2.17. The Balaban J connectivity index is 1.55. The van der Waals surface area contributed by atoms with Gasteiger partial charge in [-0.2, -0.15) is 0 Å². The SMILES string of the molecule is COC(CNC(=O)[C@@H]1C[C@H]1c1ccccc1)c1cccc(Cl)c1. The van der Waals surface area contributed by atoms with Crippen molar-refractivity contribution < 1.29 is 9.53 Å². The Labute approximate surface area is 141 Å². The van der Waals surface area contributed by atoms with E-state index < -0.39 is 0 Å². The smallest absolute Gasteiger partial charge is 0.223 e. The third kappa shape index (κ3) is 3.92. The summed E-state index contributed by atoms with van der Waals surface area (Å²) in [5, 5.41) is 3.67. The molecule has 23 heavy (non-hydrogen) atoms. The zero-order chi connectivity index (χ0) is 16.2. The van der Waals surface area contributed by atoms with Crippen molar-refractivity contribution in [3.8, 4) is 0 Å². The molecule has 3 atom stereocenters. The lowest BCUT2D eigenvalue weighted by Crippen LogP contribution is -2.30. The first kappa shape index (κ1) is 16.0. The van der Waals surface area contributed by atoms with Crippen LogP contribution >= 0.6 is 11.6 Å². The van der Waals surface area contributed by atoms with E-state index in [1.54, 1.807) is 7.11 Å². The molecule has 3 nitrogen and oxygen atoms in total. The highest BCUT2D eigenvalue weighted by Gasteiger charge is 2.43. The minimum atomic E-state index is -0.188. The first-order chi connectivity index (χ1) is 11.2. The number of rotatable bonds is 6. The number of ether oxygens (including phenoxy) is 1. The van der Waals surface area contributed by atoms with Gasteiger partial charge in [0.05, 0.1) is 6.10 Å². The average Bonchev–Trinajstić information content (AvgIpc) is 3.37. The zero-order valence-corrected chi connectivity index (χ0v) is 13.8. The minimum Gasteiger partial charge on any atom is -0.375 e. The van der Waals surface area contributed by atoms with Crippen molar-refractivity contribution in [2.24, 2.45) is 5.92 Å². The molecule has 0 aliphatic heterocycles. The Bertz CT molecular complexity index is 674. The molecule has 1 aliphatic rings. The van der Waals surface area contributed by atoms with Gasteiger partial charge < -0.3 is 10.1 Å². The number of halogens is 1. The van der Waals surface area contributed by atoms with Gasteiger partial charge in [-0.05, 0) is 35.6 Å². The number of carbonyl (C=O) groups excluding carboxylic acids is 1. The van der Waals surface area contributed by atoms with Gasteiger partial charge in [-0.25, -0.2) is 0 Å². The quantitative estimate of drug-likeness (QED) is 0.871. The third-order valence-electron chi connectivity index (χ3n) is 4.32. The molecule has 1 unspecified atom stereocenters. The van der Waals surface area contributed by atoms with Crippen LogP contribution in [0.4, 0.5) is 0 Å². The van der Waals surface area contributed by atoms with Gasteiger partial charge in [-0.15, -0.1) is 0 Å². The molecule has 1 saturated carbocycles. The van der Waals surface area contributed by atoms with E-state index in [0.29, 0.717) is 17.5 Å². The second-order valence-electron chi connectivity index (χ2n) is 5.88. The van der Waals surface area contributed by atoms with Crippen LogP contribution in [0, 0.1) is 5.92 Å². The molecule has 2 aromatic carbocycles. The molecule has 1 N–H and O–H groups in total. The Kier molecular flexibility index (Phi) is 4.99. The Hall–Kier alpha value is -1.84. The molecule has 2 aromatic rings. The van der Waals surface area contributed by atoms with Crippen LogP contribution < -0.4 is 5.32 Å². The van der Waals surface area contributed by atoms with Crippen molar-refractivity contribution >= 4 is 17.5 Å². The summed E-state index contributed by atoms with van der Waals surface area (Å²) in [6, 6.07) is 17.7. The lowest BCUT2D eigenvalue weighted by molar-refractivity contribution is -0.123. The van der Waals surface area contributed by atoms with Gasteiger partial charge in [0, 0.05) is 24.6 Å². The van der Waals surface area contributed by atoms with E-state index in [9.17, 15) is 4.79 Å². The summed E-state index contributed by atoms with van der Waals surface area (Å²) in [4.78, 5) is 12.3. The molecule has 4 heteroatoms. The minimum absolute atomic E-state index is 0.0780. The van der Waals surface area contributed by atoms with E-state index in [1.807, 2.05) is 42.5 Å². The van der Waals surface area contributed by atoms with Crippen LogP contribution in [-0.4, -0.2) is 19.6 Å². The Morgan fingerprint density at radius 1 is 1.26 bits per heavy atom. The molecule has 3 rings (SSSR count). The predicted octanol–water partition coefficient (Wildman–Crippen LogP) is 3.95. The maximum absolute atomic E-state index is 12.3. The number of nitrogens with one attached hydrogen (secondary N) is 1. The molecule has 1 amide bonds. The summed E-state index contributed by atoms with van der Waals surface area (Å²) in [6.45, 7) is 0.452. The number of hydrogen-bond donors (Lipinski definition) is 1. The molecule has 0 radical (unpaired) electrons. The first-order valence-corrected chi connectivity index (χ1v) is 8.17. The van der Waals surface area contributed by atoms with Crippen LogP contribution in [-0.2, 0) is 9.53 Å². The normalized spacial score (nSPS) is 20.8. The van der Waals surface area contributed by atoms with Crippen LogP contribution in [0.25, 0.3) is 0 Å². The fraction of sp³-hybridized carbons (Fsp3) is 0.316. The summed E-state index contributed by atoms with van der Waals surface area (Å²) < 4.78 is 5.48. The molecule has 120 valence electrons. The van der Waals surface area contributed by atoms with Gasteiger partial charge in [0.2, 0.25) is 5.91 Å². The van der Waals surface area contributed by atoms with Crippen LogP contribution in [0.15, 0.2) is 54.6 Å². The Morgan fingerprint density at radius 2 is 2.04 bits per heavy atom. The average molecular weight is 330 g/mol. The molecule has 0 heterocycles. The van der Waals surface area contributed by atoms with Crippen LogP contribution in [0.5, 0.6) is 0 Å². The Morgan fingerprint density at radius 3 is 2.74 bits per heavy atom. The standard InChI is InChI=1S/C19H20ClNO2/c1-23-18(14-8-5-9-15(20)10-14)12-21-19(22)17-11-16(17)13-6-3-2-4-7-13/h2-10,16-18H,11-12H2,1H3,(H,21,22)/t16-,17+,18?/m0/s1. The largest absolute Gasteiger partial charge is 0.375 e. The van der Waals surface area contributed by atoms with Crippen molar-refractivity contribution in [1.82, 2.24) is 5.32 Å². The summed E-state index contributed by atoms with van der Waals surface area (Å²) in [7, 11) is 1.64. The third-order valence-corrected chi connectivity index (χ3v) is 4.56. The molecule has 1 aliphatic carbocycles. The monoisotopic (exact) mass is 329 g/mol. The molecule has 0 aromatic heterocycles. The van der Waals surface area contributed by atoms with E-state index in [0.717, 1.165) is 12.0 Å². The molecular formula is C19H20ClNO2. The van der Waals surface area contributed by atoms with Crippen LogP contribution in [0.1, 0.15) is 29.6 Å². The highest BCUT2D eigenvalue weighted by Crippen LogP contribution is 2.47. The van der Waals surface area contributed by atoms with Crippen molar-refractivity contribution in [2.75, 3.05) is 13.7 Å². The fourth-order valence-corrected chi connectivity index (χ4v) is 3.12. The van der Waals surface area contributed by atoms with Crippen LogP contribution in [0.3, 0.4) is 0 Å². The first-order valence-electron chi connectivity index (χ1n) is 7.80. The molecule has 0 saturated heterocycles. The van der Waals surface area contributed by atoms with Crippen molar-refractivity contribution in [3.63, 3.8) is 0 Å². The zero-order valence-electron chi connectivity index (χ0n) is 13.0. The van der Waals surface area contributed by atoms with Crippen molar-refractivity contribution in [1.29, 1.82) is 0 Å². The number of carbonyl (C=O) groups is 1. The number of hydrogen-bond acceptors (Lipinski definition) is 2. The molecule has 0 spiro atoms. The van der Waals surface area contributed by atoms with E-state index >= 15 is 0 Å². The van der Waals surface area contributed by atoms with E-state index in [4.69, 9.17) is 16.3 Å². The summed E-state index contributed by atoms with van der Waals surface area (Å²) in [5.41, 5.74) is 2.21. The van der Waals surface area contributed by atoms with Gasteiger partial charge >= 0.3 is 0 Å². The fourth-order valence-electron chi connectivity index (χ4n) is 2.92. The lowest BCUT2D eigenvalue weighted by atomic mass is 10.1. The van der Waals surface area contributed by atoms with Gasteiger partial charge in [0.25, 0.3) is 0 Å². The molecular weight excluding hydrogens is 310 g/mol. The van der Waals surface area contributed by atoms with Gasteiger partial charge in [-0.3, -0.25) is 4.79 Å². The van der Waals surface area contributed by atoms with Gasteiger partial charge in [-0.1, -0.05) is 54.1 Å². The summed E-state index contributed by atoms with van der Waals surface area (Å²) in [5.74, 6) is 0.528.